The number of nitrogens with zero attached hydrogens (tertiary/aromatic N) is 1. The van der Waals surface area contributed by atoms with Gasteiger partial charge in [-0.2, -0.15) is 0 Å². The van der Waals surface area contributed by atoms with Gasteiger partial charge in [0.2, 0.25) is 0 Å². The van der Waals surface area contributed by atoms with E-state index < -0.39 is 0 Å². The second kappa shape index (κ2) is 11.4. The van der Waals surface area contributed by atoms with Crippen molar-refractivity contribution in [2.75, 3.05) is 4.90 Å². The number of benzene rings is 7. The quantitative estimate of drug-likeness (QED) is 0.178. The van der Waals surface area contributed by atoms with Crippen molar-refractivity contribution in [1.82, 2.24) is 0 Å². The highest BCUT2D eigenvalue weighted by molar-refractivity contribution is 5.92. The van der Waals surface area contributed by atoms with Crippen molar-refractivity contribution in [1.29, 1.82) is 0 Å². The Morgan fingerprint density at radius 1 is 0.412 bits per heavy atom. The van der Waals surface area contributed by atoms with Crippen LogP contribution in [0.2, 0.25) is 0 Å². The molecule has 0 heterocycles. The molecule has 0 radical (unpaired) electrons. The van der Waals surface area contributed by atoms with E-state index >= 15 is 0 Å². The van der Waals surface area contributed by atoms with Crippen LogP contribution in [-0.2, 0) is 10.8 Å². The first-order chi connectivity index (χ1) is 25.0. The topological polar surface area (TPSA) is 3.24 Å². The predicted octanol–water partition coefficient (Wildman–Crippen LogP) is 13.6. The van der Waals surface area contributed by atoms with Crippen molar-refractivity contribution in [3.8, 4) is 44.5 Å². The summed E-state index contributed by atoms with van der Waals surface area (Å²) in [6, 6.07) is 61.3. The molecule has 0 aromatic heterocycles. The van der Waals surface area contributed by atoms with Crippen LogP contribution < -0.4 is 4.90 Å². The van der Waals surface area contributed by atoms with Gasteiger partial charge in [0, 0.05) is 27.8 Å². The lowest BCUT2D eigenvalue weighted by Gasteiger charge is -2.31. The Labute approximate surface area is 301 Å². The second-order valence-corrected chi connectivity index (χ2v) is 15.2. The summed E-state index contributed by atoms with van der Waals surface area (Å²) in [5.74, 6) is 0. The van der Waals surface area contributed by atoms with Crippen LogP contribution in [0.3, 0.4) is 0 Å². The Morgan fingerprint density at radius 3 is 1.73 bits per heavy atom. The second-order valence-electron chi connectivity index (χ2n) is 15.2. The number of anilines is 3. The lowest BCUT2D eigenvalue weighted by atomic mass is 9.76. The summed E-state index contributed by atoms with van der Waals surface area (Å²) in [6.45, 7) is 4.75. The summed E-state index contributed by atoms with van der Waals surface area (Å²) in [5.41, 5.74) is 20.0. The summed E-state index contributed by atoms with van der Waals surface area (Å²) in [7, 11) is 0. The molecular weight excluding hydrogens is 615 g/mol. The molecule has 246 valence electrons. The van der Waals surface area contributed by atoms with Crippen LogP contribution in [0.1, 0.15) is 61.8 Å². The number of rotatable bonds is 5. The zero-order chi connectivity index (χ0) is 34.2. The molecule has 0 saturated heterocycles. The highest BCUT2D eigenvalue weighted by atomic mass is 15.1. The Morgan fingerprint density at radius 2 is 0.961 bits per heavy atom. The molecule has 0 atom stereocenters. The number of hydrogen-bond donors (Lipinski definition) is 0. The molecular formula is C50H41N. The fraction of sp³-hybridized carbons (Fsp3) is 0.160. The van der Waals surface area contributed by atoms with Gasteiger partial charge in [0.15, 0.2) is 0 Å². The van der Waals surface area contributed by atoms with E-state index in [9.17, 15) is 0 Å². The van der Waals surface area contributed by atoms with E-state index in [2.05, 4.69) is 183 Å². The number of hydrogen-bond acceptors (Lipinski definition) is 1. The van der Waals surface area contributed by atoms with E-state index in [1.165, 1.54) is 104 Å². The van der Waals surface area contributed by atoms with Crippen LogP contribution >= 0.6 is 0 Å². The van der Waals surface area contributed by atoms with Crippen molar-refractivity contribution >= 4 is 17.1 Å². The average molecular weight is 656 g/mol. The Balaban J connectivity index is 1.14. The van der Waals surface area contributed by atoms with Gasteiger partial charge in [-0.3, -0.25) is 0 Å². The average Bonchev–Trinajstić information content (AvgIpc) is 3.85. The van der Waals surface area contributed by atoms with Gasteiger partial charge in [-0.1, -0.05) is 160 Å². The van der Waals surface area contributed by atoms with Crippen LogP contribution in [-0.4, -0.2) is 0 Å². The lowest BCUT2D eigenvalue weighted by Crippen LogP contribution is -2.21. The van der Waals surface area contributed by atoms with Crippen LogP contribution in [0.5, 0.6) is 0 Å². The minimum absolute atomic E-state index is 0.0694. The molecule has 3 aliphatic rings. The number of fused-ring (bicyclic) bond motifs is 8. The molecule has 1 fully saturated rings. The first-order valence-corrected chi connectivity index (χ1v) is 18.6. The fourth-order valence-electron chi connectivity index (χ4n) is 9.94. The standard InChI is InChI=1S/C50H41N/c1-49(2)44-22-9-6-19-41(44)43-21-14-20-39(48(43)49)35-25-27-36(28-26-35)51(47-24-11-8-17-38(47)34-15-4-3-5-16-34)37-29-30-42-40-18-7-10-23-45(40)50(46(42)33-37)31-12-13-32-50/h3-11,14-30,33H,12-13,31-32H2,1-2H3. The van der Waals surface area contributed by atoms with Crippen LogP contribution in [0, 0.1) is 0 Å². The molecule has 0 amide bonds. The Kier molecular flexibility index (Phi) is 6.77. The van der Waals surface area contributed by atoms with Gasteiger partial charge < -0.3 is 4.90 Å². The van der Waals surface area contributed by atoms with Gasteiger partial charge >= 0.3 is 0 Å². The predicted molar refractivity (Wildman–Crippen MR) is 214 cm³/mol. The normalized spacial score (nSPS) is 15.6. The zero-order valence-electron chi connectivity index (χ0n) is 29.4. The van der Waals surface area contributed by atoms with Crippen LogP contribution in [0.4, 0.5) is 17.1 Å². The summed E-state index contributed by atoms with van der Waals surface area (Å²) in [6.07, 6.45) is 5.00. The van der Waals surface area contributed by atoms with E-state index in [4.69, 9.17) is 0 Å². The molecule has 1 heteroatoms. The molecule has 0 unspecified atom stereocenters. The van der Waals surface area contributed by atoms with E-state index in [1.807, 2.05) is 0 Å². The van der Waals surface area contributed by atoms with Crippen LogP contribution in [0.15, 0.2) is 164 Å². The monoisotopic (exact) mass is 655 g/mol. The lowest BCUT2D eigenvalue weighted by molar-refractivity contribution is 0.550. The number of para-hydroxylation sites is 1. The molecule has 1 nitrogen and oxygen atoms in total. The maximum absolute atomic E-state index is 2.53. The minimum Gasteiger partial charge on any atom is -0.310 e. The third-order valence-corrected chi connectivity index (χ3v) is 12.2. The highest BCUT2D eigenvalue weighted by Gasteiger charge is 2.45. The van der Waals surface area contributed by atoms with E-state index in [1.54, 1.807) is 0 Å². The molecule has 7 aromatic rings. The third-order valence-electron chi connectivity index (χ3n) is 12.2. The Hall–Kier alpha value is -5.66. The smallest absolute Gasteiger partial charge is 0.0540 e. The van der Waals surface area contributed by atoms with Crippen molar-refractivity contribution in [2.24, 2.45) is 0 Å². The van der Waals surface area contributed by atoms with Gasteiger partial charge in [0.25, 0.3) is 0 Å². The van der Waals surface area contributed by atoms with Gasteiger partial charge in [0.1, 0.15) is 0 Å². The summed E-state index contributed by atoms with van der Waals surface area (Å²) < 4.78 is 0. The van der Waals surface area contributed by atoms with E-state index in [0.717, 1.165) is 5.69 Å². The molecule has 51 heavy (non-hydrogen) atoms. The molecule has 0 bridgehead atoms. The molecule has 10 rings (SSSR count). The largest absolute Gasteiger partial charge is 0.310 e. The van der Waals surface area contributed by atoms with Crippen molar-refractivity contribution in [2.45, 2.75) is 50.4 Å². The van der Waals surface area contributed by atoms with Gasteiger partial charge in [-0.15, -0.1) is 0 Å². The van der Waals surface area contributed by atoms with Gasteiger partial charge in [-0.25, -0.2) is 0 Å². The molecule has 0 aliphatic heterocycles. The molecule has 7 aromatic carbocycles. The van der Waals surface area contributed by atoms with Crippen molar-refractivity contribution < 1.29 is 0 Å². The van der Waals surface area contributed by atoms with Crippen LogP contribution in [0.25, 0.3) is 44.5 Å². The summed E-state index contributed by atoms with van der Waals surface area (Å²) >= 11 is 0. The molecule has 1 saturated carbocycles. The first kappa shape index (κ1) is 30.2. The maximum atomic E-state index is 2.53. The van der Waals surface area contributed by atoms with E-state index in [0.29, 0.717) is 0 Å². The van der Waals surface area contributed by atoms with Gasteiger partial charge in [0.05, 0.1) is 5.69 Å². The van der Waals surface area contributed by atoms with Crippen molar-refractivity contribution in [3.05, 3.63) is 186 Å². The van der Waals surface area contributed by atoms with Gasteiger partial charge in [-0.05, 0) is 104 Å². The fourth-order valence-corrected chi connectivity index (χ4v) is 9.94. The van der Waals surface area contributed by atoms with E-state index in [-0.39, 0.29) is 10.8 Å². The summed E-state index contributed by atoms with van der Waals surface area (Å²) in [5, 5.41) is 0. The summed E-state index contributed by atoms with van der Waals surface area (Å²) in [4.78, 5) is 2.49. The SMILES string of the molecule is CC1(C)c2ccccc2-c2cccc(-c3ccc(N(c4ccc5c(c4)C4(CCCC4)c4ccccc4-5)c4ccccc4-c4ccccc4)cc3)c21. The maximum Gasteiger partial charge on any atom is 0.0540 e. The third kappa shape index (κ3) is 4.47. The Bertz CT molecular complexity index is 2440. The first-order valence-electron chi connectivity index (χ1n) is 18.6. The zero-order valence-corrected chi connectivity index (χ0v) is 29.4. The highest BCUT2D eigenvalue weighted by Crippen LogP contribution is 2.58. The minimum atomic E-state index is -0.0694. The molecule has 0 N–H and O–H groups in total. The van der Waals surface area contributed by atoms with Crippen molar-refractivity contribution in [3.63, 3.8) is 0 Å². The molecule has 3 aliphatic carbocycles. The molecule has 1 spiro atoms.